The number of likely N-dealkylation sites (N-methyl/N-ethyl adjacent to an activating group) is 1. The number of esters is 1. The predicted molar refractivity (Wildman–Crippen MR) is 95.7 cm³/mol. The summed E-state index contributed by atoms with van der Waals surface area (Å²) in [7, 11) is 3.70. The van der Waals surface area contributed by atoms with Gasteiger partial charge in [-0.2, -0.15) is 0 Å². The first-order valence-corrected chi connectivity index (χ1v) is 8.57. The quantitative estimate of drug-likeness (QED) is 0.660. The molecule has 1 rings (SSSR count). The van der Waals surface area contributed by atoms with E-state index in [-0.39, 0.29) is 30.9 Å². The first-order chi connectivity index (χ1) is 12.0. The summed E-state index contributed by atoms with van der Waals surface area (Å²) in [5.74, 6) is -2.21. The normalized spacial score (nSPS) is 11.5. The van der Waals surface area contributed by atoms with Crippen molar-refractivity contribution in [1.82, 2.24) is 9.80 Å². The van der Waals surface area contributed by atoms with E-state index >= 15 is 0 Å². The van der Waals surface area contributed by atoms with Crippen LogP contribution in [0, 0.1) is 11.6 Å². The molecule has 1 aromatic carbocycles. The number of hydrogen-bond acceptors (Lipinski definition) is 4. The van der Waals surface area contributed by atoms with Crippen molar-refractivity contribution in [3.05, 3.63) is 35.4 Å². The van der Waals surface area contributed by atoms with E-state index in [1.54, 1.807) is 20.8 Å². The van der Waals surface area contributed by atoms with Gasteiger partial charge >= 0.3 is 5.97 Å². The number of carbonyl (C=O) groups excluding carboxylic acids is 2. The van der Waals surface area contributed by atoms with Gasteiger partial charge in [0.15, 0.2) is 0 Å². The summed E-state index contributed by atoms with van der Waals surface area (Å²) in [6, 6.07) is 3.60. The molecule has 0 fully saturated rings. The van der Waals surface area contributed by atoms with Crippen molar-refractivity contribution < 1.29 is 23.1 Å². The fraction of sp³-hybridized carbons (Fsp3) is 0.579. The van der Waals surface area contributed by atoms with Crippen molar-refractivity contribution in [3.63, 3.8) is 0 Å². The molecule has 0 aliphatic heterocycles. The molecule has 0 spiro atoms. The van der Waals surface area contributed by atoms with Crippen LogP contribution in [0.2, 0.25) is 0 Å². The Morgan fingerprint density at radius 2 is 1.65 bits per heavy atom. The zero-order valence-corrected chi connectivity index (χ0v) is 16.1. The standard InChI is InChI=1S/C19H28F2N2O3/c1-19(2,3)26-18(25)13-23(12-11-22(4)5)17(24)10-9-14-15(20)7-6-8-16(14)21/h6-8H,9-13H2,1-5H3. The highest BCUT2D eigenvalue weighted by molar-refractivity contribution is 5.82. The second-order valence-corrected chi connectivity index (χ2v) is 7.41. The van der Waals surface area contributed by atoms with Gasteiger partial charge in [-0.05, 0) is 53.4 Å². The zero-order chi connectivity index (χ0) is 19.9. The molecule has 0 saturated heterocycles. The Morgan fingerprint density at radius 3 is 2.15 bits per heavy atom. The van der Waals surface area contributed by atoms with E-state index in [0.717, 1.165) is 12.1 Å². The lowest BCUT2D eigenvalue weighted by Crippen LogP contribution is -2.42. The van der Waals surface area contributed by atoms with Crippen LogP contribution in [0.1, 0.15) is 32.8 Å². The van der Waals surface area contributed by atoms with E-state index in [0.29, 0.717) is 13.1 Å². The summed E-state index contributed by atoms with van der Waals surface area (Å²) in [4.78, 5) is 27.8. The van der Waals surface area contributed by atoms with E-state index in [4.69, 9.17) is 4.74 Å². The third kappa shape index (κ3) is 7.91. The van der Waals surface area contributed by atoms with Gasteiger partial charge in [0.1, 0.15) is 23.8 Å². The molecule has 0 saturated carbocycles. The Labute approximate surface area is 153 Å². The Morgan fingerprint density at radius 1 is 1.08 bits per heavy atom. The molecule has 0 atom stereocenters. The van der Waals surface area contributed by atoms with Gasteiger partial charge in [-0.15, -0.1) is 0 Å². The highest BCUT2D eigenvalue weighted by Crippen LogP contribution is 2.15. The summed E-state index contributed by atoms with van der Waals surface area (Å²) in [5.41, 5.74) is -0.769. The highest BCUT2D eigenvalue weighted by atomic mass is 19.1. The minimum absolute atomic E-state index is 0.0654. The molecule has 0 aromatic heterocycles. The van der Waals surface area contributed by atoms with Crippen LogP contribution in [-0.4, -0.2) is 61.0 Å². The van der Waals surface area contributed by atoms with Crippen molar-refractivity contribution in [2.24, 2.45) is 0 Å². The summed E-state index contributed by atoms with van der Waals surface area (Å²) in [6.07, 6.45) is -0.155. The van der Waals surface area contributed by atoms with Gasteiger partial charge in [0.05, 0.1) is 0 Å². The molecule has 0 heterocycles. The second-order valence-electron chi connectivity index (χ2n) is 7.41. The van der Waals surface area contributed by atoms with Gasteiger partial charge < -0.3 is 14.5 Å². The van der Waals surface area contributed by atoms with Crippen LogP contribution in [0.5, 0.6) is 0 Å². The third-order valence-electron chi connectivity index (χ3n) is 3.56. The maximum atomic E-state index is 13.7. The van der Waals surface area contributed by atoms with Crippen LogP contribution in [0.3, 0.4) is 0 Å². The van der Waals surface area contributed by atoms with Crippen molar-refractivity contribution in [1.29, 1.82) is 0 Å². The molecule has 1 aromatic rings. The molecule has 0 aliphatic carbocycles. The fourth-order valence-electron chi connectivity index (χ4n) is 2.30. The van der Waals surface area contributed by atoms with Gasteiger partial charge in [-0.25, -0.2) is 8.78 Å². The molecular weight excluding hydrogens is 342 g/mol. The van der Waals surface area contributed by atoms with Crippen LogP contribution in [-0.2, 0) is 20.7 Å². The molecule has 0 aliphatic rings. The predicted octanol–water partition coefficient (Wildman–Crippen LogP) is 2.63. The fourth-order valence-corrected chi connectivity index (χ4v) is 2.30. The molecule has 7 heteroatoms. The maximum absolute atomic E-state index is 13.7. The average molecular weight is 370 g/mol. The average Bonchev–Trinajstić information content (AvgIpc) is 2.48. The lowest BCUT2D eigenvalue weighted by atomic mass is 10.1. The number of amides is 1. The van der Waals surface area contributed by atoms with Crippen LogP contribution < -0.4 is 0 Å². The molecule has 146 valence electrons. The molecule has 0 radical (unpaired) electrons. The minimum atomic E-state index is -0.676. The Bertz CT molecular complexity index is 607. The smallest absolute Gasteiger partial charge is 0.326 e. The summed E-state index contributed by atoms with van der Waals surface area (Å²) in [6.45, 7) is 5.94. The second kappa shape index (κ2) is 9.62. The number of rotatable bonds is 8. The lowest BCUT2D eigenvalue weighted by Gasteiger charge is -2.26. The van der Waals surface area contributed by atoms with E-state index in [9.17, 15) is 18.4 Å². The molecule has 1 amide bonds. The van der Waals surface area contributed by atoms with Crippen LogP contribution >= 0.6 is 0 Å². The Hall–Kier alpha value is -2.02. The van der Waals surface area contributed by atoms with E-state index in [1.165, 1.54) is 11.0 Å². The maximum Gasteiger partial charge on any atom is 0.326 e. The van der Waals surface area contributed by atoms with Gasteiger partial charge in [0.2, 0.25) is 5.91 Å². The van der Waals surface area contributed by atoms with Gasteiger partial charge in [-0.3, -0.25) is 9.59 Å². The molecular formula is C19H28F2N2O3. The van der Waals surface area contributed by atoms with Gasteiger partial charge in [-0.1, -0.05) is 6.07 Å². The Kier molecular flexibility index (Phi) is 8.14. The van der Waals surface area contributed by atoms with Crippen LogP contribution in [0.25, 0.3) is 0 Å². The molecule has 0 bridgehead atoms. The van der Waals surface area contributed by atoms with Gasteiger partial charge in [0, 0.05) is 25.1 Å². The Balaban J connectivity index is 2.75. The lowest BCUT2D eigenvalue weighted by molar-refractivity contribution is -0.159. The minimum Gasteiger partial charge on any atom is -0.459 e. The zero-order valence-electron chi connectivity index (χ0n) is 16.1. The van der Waals surface area contributed by atoms with E-state index in [1.807, 2.05) is 19.0 Å². The molecule has 26 heavy (non-hydrogen) atoms. The molecule has 0 unspecified atom stereocenters. The largest absolute Gasteiger partial charge is 0.459 e. The summed E-state index contributed by atoms with van der Waals surface area (Å²) < 4.78 is 32.7. The van der Waals surface area contributed by atoms with Crippen LogP contribution in [0.4, 0.5) is 8.78 Å². The van der Waals surface area contributed by atoms with E-state index < -0.39 is 23.2 Å². The number of hydrogen-bond donors (Lipinski definition) is 0. The monoisotopic (exact) mass is 370 g/mol. The SMILES string of the molecule is CN(C)CCN(CC(=O)OC(C)(C)C)C(=O)CCc1c(F)cccc1F. The number of benzene rings is 1. The summed E-state index contributed by atoms with van der Waals surface area (Å²) >= 11 is 0. The molecule has 5 nitrogen and oxygen atoms in total. The van der Waals surface area contributed by atoms with Crippen LogP contribution in [0.15, 0.2) is 18.2 Å². The van der Waals surface area contributed by atoms with Crippen molar-refractivity contribution in [2.75, 3.05) is 33.7 Å². The van der Waals surface area contributed by atoms with Crippen molar-refractivity contribution in [2.45, 2.75) is 39.2 Å². The topological polar surface area (TPSA) is 49.9 Å². The van der Waals surface area contributed by atoms with Gasteiger partial charge in [0.25, 0.3) is 0 Å². The van der Waals surface area contributed by atoms with E-state index in [2.05, 4.69) is 0 Å². The highest BCUT2D eigenvalue weighted by Gasteiger charge is 2.22. The number of halogens is 2. The van der Waals surface area contributed by atoms with Crippen molar-refractivity contribution >= 4 is 11.9 Å². The number of carbonyl (C=O) groups is 2. The third-order valence-corrected chi connectivity index (χ3v) is 3.56. The number of ether oxygens (including phenoxy) is 1. The number of nitrogens with zero attached hydrogens (tertiary/aromatic N) is 2. The summed E-state index contributed by atoms with van der Waals surface area (Å²) in [5, 5.41) is 0. The van der Waals surface area contributed by atoms with Crippen molar-refractivity contribution in [3.8, 4) is 0 Å². The first-order valence-electron chi connectivity index (χ1n) is 8.57. The molecule has 0 N–H and O–H groups in total. The first kappa shape index (κ1) is 22.0.